The van der Waals surface area contributed by atoms with E-state index in [1.54, 1.807) is 12.1 Å². The first-order valence-corrected chi connectivity index (χ1v) is 12.4. The van der Waals surface area contributed by atoms with Crippen LogP contribution in [0.3, 0.4) is 0 Å². The van der Waals surface area contributed by atoms with E-state index >= 15 is 0 Å². The van der Waals surface area contributed by atoms with Gasteiger partial charge in [-0.05, 0) is 60.4 Å². The van der Waals surface area contributed by atoms with Gasteiger partial charge in [0.15, 0.2) is 0 Å². The number of hydrogen-bond donors (Lipinski definition) is 1. The summed E-state index contributed by atoms with van der Waals surface area (Å²) in [4.78, 5) is 42.2. The van der Waals surface area contributed by atoms with Crippen molar-refractivity contribution in [2.24, 2.45) is 11.3 Å². The highest BCUT2D eigenvalue weighted by Crippen LogP contribution is 2.47. The van der Waals surface area contributed by atoms with Crippen molar-refractivity contribution in [2.75, 3.05) is 17.7 Å². The van der Waals surface area contributed by atoms with E-state index in [0.29, 0.717) is 22.2 Å². The fourth-order valence-electron chi connectivity index (χ4n) is 4.40. The molecule has 0 bridgehead atoms. The largest absolute Gasteiger partial charge is 0.465 e. The number of rotatable bonds is 4. The van der Waals surface area contributed by atoms with E-state index in [1.807, 2.05) is 12.1 Å². The minimum Gasteiger partial charge on any atom is -0.465 e. The van der Waals surface area contributed by atoms with Crippen LogP contribution in [0.2, 0.25) is 0 Å². The first kappa shape index (κ1) is 22.9. The zero-order valence-corrected chi connectivity index (χ0v) is 20.4. The normalized spacial score (nSPS) is 21.1. The number of fused-ring (bicyclic) bond motifs is 1. The number of nitrogens with two attached hydrogens (primary N) is 1. The highest BCUT2D eigenvalue weighted by atomic mass is 32.2. The number of nitrogen functional groups attached to an aromatic ring is 1. The summed E-state index contributed by atoms with van der Waals surface area (Å²) < 4.78 is 5.06. The van der Waals surface area contributed by atoms with Gasteiger partial charge in [0, 0.05) is 21.9 Å². The highest BCUT2D eigenvalue weighted by Gasteiger charge is 2.44. The molecule has 170 valence electrons. The number of thioether (sulfide) groups is 1. The fourth-order valence-corrected chi connectivity index (χ4v) is 6.89. The minimum absolute atomic E-state index is 0.0989. The van der Waals surface area contributed by atoms with Crippen molar-refractivity contribution in [3.63, 3.8) is 0 Å². The van der Waals surface area contributed by atoms with E-state index in [2.05, 4.69) is 20.8 Å². The second-order valence-electron chi connectivity index (χ2n) is 9.43. The Balaban J connectivity index is 1.67. The summed E-state index contributed by atoms with van der Waals surface area (Å²) in [5.74, 6) is -0.570. The Kier molecular flexibility index (Phi) is 6.11. The second-order valence-corrected chi connectivity index (χ2v) is 11.8. The fraction of sp³-hybridized carbons (Fsp3) is 0.458. The van der Waals surface area contributed by atoms with Crippen molar-refractivity contribution < 1.29 is 19.1 Å². The van der Waals surface area contributed by atoms with Gasteiger partial charge in [-0.1, -0.05) is 20.8 Å². The number of methoxy groups -OCH3 is 1. The van der Waals surface area contributed by atoms with Crippen LogP contribution in [0.4, 0.5) is 10.7 Å². The summed E-state index contributed by atoms with van der Waals surface area (Å²) in [7, 11) is 1.34. The third-order valence-corrected chi connectivity index (χ3v) is 8.76. The number of hydrogen-bond acceptors (Lipinski definition) is 7. The Labute approximate surface area is 196 Å². The van der Waals surface area contributed by atoms with Crippen molar-refractivity contribution in [1.29, 1.82) is 0 Å². The van der Waals surface area contributed by atoms with Crippen LogP contribution in [-0.4, -0.2) is 30.1 Å². The average molecular weight is 473 g/mol. The van der Waals surface area contributed by atoms with E-state index in [1.165, 1.54) is 35.1 Å². The van der Waals surface area contributed by atoms with E-state index in [-0.39, 0.29) is 23.7 Å². The summed E-state index contributed by atoms with van der Waals surface area (Å²) in [5, 5.41) is -0.107. The molecule has 32 heavy (non-hydrogen) atoms. The van der Waals surface area contributed by atoms with Crippen LogP contribution >= 0.6 is 23.1 Å². The molecule has 1 aliphatic heterocycles. The number of esters is 1. The van der Waals surface area contributed by atoms with Crippen molar-refractivity contribution in [3.8, 4) is 0 Å². The summed E-state index contributed by atoms with van der Waals surface area (Å²) >= 11 is 2.75. The molecule has 1 aromatic heterocycles. The number of benzene rings is 1. The van der Waals surface area contributed by atoms with Gasteiger partial charge in [-0.25, -0.2) is 9.69 Å². The Hall–Kier alpha value is -2.32. The number of thiophene rings is 1. The molecular weight excluding hydrogens is 444 g/mol. The van der Waals surface area contributed by atoms with E-state index < -0.39 is 11.2 Å². The first-order valence-electron chi connectivity index (χ1n) is 10.7. The first-order chi connectivity index (χ1) is 15.1. The van der Waals surface area contributed by atoms with Crippen molar-refractivity contribution in [1.82, 2.24) is 0 Å². The third kappa shape index (κ3) is 4.18. The zero-order chi connectivity index (χ0) is 23.2. The van der Waals surface area contributed by atoms with Gasteiger partial charge in [0.1, 0.15) is 5.00 Å². The van der Waals surface area contributed by atoms with E-state index in [0.717, 1.165) is 34.6 Å². The van der Waals surface area contributed by atoms with Gasteiger partial charge in [0.2, 0.25) is 11.8 Å². The predicted octanol–water partition coefficient (Wildman–Crippen LogP) is 4.69. The molecule has 4 rings (SSSR count). The van der Waals surface area contributed by atoms with Gasteiger partial charge in [-0.3, -0.25) is 9.59 Å². The molecule has 0 spiro atoms. The molecule has 8 heteroatoms. The van der Waals surface area contributed by atoms with E-state index in [9.17, 15) is 14.4 Å². The Morgan fingerprint density at radius 1 is 1.19 bits per heavy atom. The molecule has 2 amide bonds. The molecule has 0 saturated carbocycles. The summed E-state index contributed by atoms with van der Waals surface area (Å²) in [5.41, 5.74) is 7.86. The third-order valence-electron chi connectivity index (χ3n) is 6.33. The van der Waals surface area contributed by atoms with Crippen LogP contribution in [0.25, 0.3) is 0 Å². The summed E-state index contributed by atoms with van der Waals surface area (Å²) in [6.45, 7) is 6.68. The lowest BCUT2D eigenvalue weighted by Crippen LogP contribution is -2.32. The SMILES string of the molecule is COC(=O)c1c(N2C(=O)C[C@H](Sc3ccc(N)cc3)C2=O)sc2c1CC[C@@H](C(C)(C)C)C2. The van der Waals surface area contributed by atoms with Crippen molar-refractivity contribution in [3.05, 3.63) is 40.3 Å². The number of carbonyl (C=O) groups excluding carboxylic acids is 3. The van der Waals surface area contributed by atoms with Crippen molar-refractivity contribution in [2.45, 2.75) is 56.6 Å². The Bertz CT molecular complexity index is 1070. The zero-order valence-electron chi connectivity index (χ0n) is 18.8. The van der Waals surface area contributed by atoms with Gasteiger partial charge in [0.25, 0.3) is 0 Å². The smallest absolute Gasteiger partial charge is 0.341 e. The van der Waals surface area contributed by atoms with Gasteiger partial charge in [-0.15, -0.1) is 23.1 Å². The van der Waals surface area contributed by atoms with Crippen LogP contribution in [0.15, 0.2) is 29.2 Å². The maximum atomic E-state index is 13.3. The molecular formula is C24H28N2O4S2. The number of carbonyl (C=O) groups is 3. The lowest BCUT2D eigenvalue weighted by molar-refractivity contribution is -0.121. The molecule has 1 saturated heterocycles. The Morgan fingerprint density at radius 3 is 2.50 bits per heavy atom. The highest BCUT2D eigenvalue weighted by molar-refractivity contribution is 8.00. The van der Waals surface area contributed by atoms with Gasteiger partial charge < -0.3 is 10.5 Å². The number of ether oxygens (including phenoxy) is 1. The van der Waals surface area contributed by atoms with E-state index in [4.69, 9.17) is 10.5 Å². The molecule has 2 aliphatic rings. The number of anilines is 2. The number of imide groups is 1. The molecule has 2 N–H and O–H groups in total. The average Bonchev–Trinajstić information content (AvgIpc) is 3.24. The summed E-state index contributed by atoms with van der Waals surface area (Å²) in [6.07, 6.45) is 2.65. The quantitative estimate of drug-likeness (QED) is 0.394. The van der Waals surface area contributed by atoms with Crippen molar-refractivity contribution >= 4 is 51.6 Å². The molecule has 1 aliphatic carbocycles. The molecule has 1 fully saturated rings. The predicted molar refractivity (Wildman–Crippen MR) is 128 cm³/mol. The molecule has 2 heterocycles. The molecule has 0 unspecified atom stereocenters. The van der Waals surface area contributed by atoms with Gasteiger partial charge in [-0.2, -0.15) is 0 Å². The molecule has 2 aromatic rings. The van der Waals surface area contributed by atoms with Gasteiger partial charge in [0.05, 0.1) is 17.9 Å². The second kappa shape index (κ2) is 8.56. The van der Waals surface area contributed by atoms with Crippen LogP contribution < -0.4 is 10.6 Å². The topological polar surface area (TPSA) is 89.7 Å². The van der Waals surface area contributed by atoms with Crippen LogP contribution in [0.5, 0.6) is 0 Å². The lowest BCUT2D eigenvalue weighted by Gasteiger charge is -2.33. The van der Waals surface area contributed by atoms with Crippen LogP contribution in [0, 0.1) is 11.3 Å². The Morgan fingerprint density at radius 2 is 1.88 bits per heavy atom. The maximum Gasteiger partial charge on any atom is 0.341 e. The maximum absolute atomic E-state index is 13.3. The molecule has 6 nitrogen and oxygen atoms in total. The molecule has 2 atom stereocenters. The summed E-state index contributed by atoms with van der Waals surface area (Å²) in [6, 6.07) is 7.24. The molecule has 1 aromatic carbocycles. The standard InChI is InChI=1S/C24H28N2O4S2/c1-24(2,3)13-5-10-16-17(11-13)32-22(20(16)23(29)30-4)26-19(27)12-18(21(26)28)31-15-8-6-14(25)7-9-15/h6-9,13,18H,5,10-12,25H2,1-4H3/t13-,18+/m1/s1. The number of nitrogens with zero attached hydrogens (tertiary/aromatic N) is 1. The van der Waals surface area contributed by atoms with Gasteiger partial charge >= 0.3 is 5.97 Å². The minimum atomic E-state index is -0.530. The monoisotopic (exact) mass is 472 g/mol. The van der Waals surface area contributed by atoms with Crippen LogP contribution in [-0.2, 0) is 27.2 Å². The number of amides is 2. The van der Waals surface area contributed by atoms with Crippen LogP contribution in [0.1, 0.15) is 54.4 Å². The lowest BCUT2D eigenvalue weighted by atomic mass is 9.72. The molecule has 0 radical (unpaired) electrons.